The van der Waals surface area contributed by atoms with E-state index in [1.54, 1.807) is 0 Å². The van der Waals surface area contributed by atoms with Crippen LogP contribution in [0.2, 0.25) is 0 Å². The van der Waals surface area contributed by atoms with Crippen molar-refractivity contribution < 1.29 is 9.53 Å². The molecule has 1 unspecified atom stereocenters. The highest BCUT2D eigenvalue weighted by Gasteiger charge is 2.30. The van der Waals surface area contributed by atoms with E-state index in [2.05, 4.69) is 28.4 Å². The van der Waals surface area contributed by atoms with E-state index in [4.69, 9.17) is 4.74 Å². The molecule has 5 rings (SSSR count). The third kappa shape index (κ3) is 3.16. The number of nitrogens with zero attached hydrogens (tertiary/aromatic N) is 3. The third-order valence-electron chi connectivity index (χ3n) is 5.84. The van der Waals surface area contributed by atoms with Gasteiger partial charge in [0.05, 0.1) is 25.4 Å². The van der Waals surface area contributed by atoms with Gasteiger partial charge in [-0.2, -0.15) is 5.10 Å². The first-order valence-corrected chi connectivity index (χ1v) is 9.85. The zero-order chi connectivity index (χ0) is 19.1. The molecule has 1 amide bonds. The largest absolute Gasteiger partial charge is 0.381 e. The summed E-state index contributed by atoms with van der Waals surface area (Å²) in [6.45, 7) is 6.66. The third-order valence-corrected chi connectivity index (χ3v) is 5.84. The molecule has 3 aromatic rings. The van der Waals surface area contributed by atoms with Gasteiger partial charge in [-0.15, -0.1) is 0 Å². The minimum absolute atomic E-state index is 0.0359. The van der Waals surface area contributed by atoms with Crippen molar-refractivity contribution in [2.45, 2.75) is 26.4 Å². The molecule has 7 heteroatoms. The second-order valence-electron chi connectivity index (χ2n) is 8.21. The SMILES string of the molecule is CC1(CNc2cc3n(n2)CCN(C(=O)c2cc4ccccc4[nH]2)C3)CCOC1. The zero-order valence-corrected chi connectivity index (χ0v) is 16.1. The second-order valence-corrected chi connectivity index (χ2v) is 8.21. The highest BCUT2D eigenvalue weighted by Crippen LogP contribution is 2.28. The lowest BCUT2D eigenvalue weighted by molar-refractivity contribution is 0.0701. The fourth-order valence-corrected chi connectivity index (χ4v) is 4.04. The minimum Gasteiger partial charge on any atom is -0.381 e. The van der Waals surface area contributed by atoms with E-state index in [1.807, 2.05) is 39.9 Å². The molecule has 2 aliphatic rings. The van der Waals surface area contributed by atoms with Gasteiger partial charge in [-0.25, -0.2) is 0 Å². The molecule has 1 saturated heterocycles. The first kappa shape index (κ1) is 17.3. The minimum atomic E-state index is 0.0359. The van der Waals surface area contributed by atoms with Gasteiger partial charge < -0.3 is 19.9 Å². The predicted molar refractivity (Wildman–Crippen MR) is 107 cm³/mol. The molecule has 0 bridgehead atoms. The molecule has 2 aromatic heterocycles. The van der Waals surface area contributed by atoms with Gasteiger partial charge in [0.25, 0.3) is 5.91 Å². The summed E-state index contributed by atoms with van der Waals surface area (Å²) in [5.74, 6) is 0.914. The molecule has 0 aliphatic carbocycles. The Morgan fingerprint density at radius 1 is 1.32 bits per heavy atom. The number of hydrogen-bond acceptors (Lipinski definition) is 4. The molecule has 1 fully saturated rings. The Morgan fingerprint density at radius 2 is 2.21 bits per heavy atom. The Labute approximate surface area is 163 Å². The Kier molecular flexibility index (Phi) is 4.12. The van der Waals surface area contributed by atoms with Gasteiger partial charge in [0, 0.05) is 42.1 Å². The van der Waals surface area contributed by atoms with Crippen LogP contribution >= 0.6 is 0 Å². The first-order chi connectivity index (χ1) is 13.6. The van der Waals surface area contributed by atoms with E-state index in [0.717, 1.165) is 48.6 Å². The topological polar surface area (TPSA) is 75.2 Å². The number of rotatable bonds is 4. The number of nitrogens with one attached hydrogen (secondary N) is 2. The number of anilines is 1. The molecule has 146 valence electrons. The Bertz CT molecular complexity index is 982. The average molecular weight is 379 g/mol. The number of ether oxygens (including phenoxy) is 1. The highest BCUT2D eigenvalue weighted by atomic mass is 16.5. The summed E-state index contributed by atoms with van der Waals surface area (Å²) in [7, 11) is 0. The van der Waals surface area contributed by atoms with Gasteiger partial charge in [-0.3, -0.25) is 9.48 Å². The summed E-state index contributed by atoms with van der Waals surface area (Å²) in [6.07, 6.45) is 1.07. The lowest BCUT2D eigenvalue weighted by Crippen LogP contribution is -2.38. The van der Waals surface area contributed by atoms with Crippen molar-refractivity contribution in [3.05, 3.63) is 47.8 Å². The maximum Gasteiger partial charge on any atom is 0.270 e. The lowest BCUT2D eigenvalue weighted by atomic mass is 9.90. The number of hydrogen-bond donors (Lipinski definition) is 2. The van der Waals surface area contributed by atoms with Gasteiger partial charge in [-0.05, 0) is 18.6 Å². The van der Waals surface area contributed by atoms with Crippen LogP contribution in [0.4, 0.5) is 5.82 Å². The molecule has 2 aliphatic heterocycles. The van der Waals surface area contributed by atoms with E-state index >= 15 is 0 Å². The van der Waals surface area contributed by atoms with Crippen LogP contribution in [0.15, 0.2) is 36.4 Å². The van der Waals surface area contributed by atoms with Crippen molar-refractivity contribution >= 4 is 22.6 Å². The summed E-state index contributed by atoms with van der Waals surface area (Å²) in [5, 5.41) is 9.18. The van der Waals surface area contributed by atoms with Crippen LogP contribution in [0.5, 0.6) is 0 Å². The molecule has 0 spiro atoms. The molecule has 7 nitrogen and oxygen atoms in total. The predicted octanol–water partition coefficient (Wildman–Crippen LogP) is 2.86. The van der Waals surface area contributed by atoms with E-state index in [1.165, 1.54) is 0 Å². The summed E-state index contributed by atoms with van der Waals surface area (Å²) in [6, 6.07) is 12.0. The van der Waals surface area contributed by atoms with Crippen LogP contribution in [0.1, 0.15) is 29.5 Å². The van der Waals surface area contributed by atoms with Crippen LogP contribution < -0.4 is 5.32 Å². The number of aromatic amines is 1. The average Bonchev–Trinajstić information content (AvgIpc) is 3.42. The Balaban J connectivity index is 1.28. The monoisotopic (exact) mass is 379 g/mol. The lowest BCUT2D eigenvalue weighted by Gasteiger charge is -2.27. The van der Waals surface area contributed by atoms with Crippen molar-refractivity contribution in [2.75, 3.05) is 31.6 Å². The van der Waals surface area contributed by atoms with E-state index in [-0.39, 0.29) is 11.3 Å². The number of carbonyl (C=O) groups is 1. The number of benzene rings is 1. The van der Waals surface area contributed by atoms with Crippen LogP contribution in [0, 0.1) is 5.41 Å². The van der Waals surface area contributed by atoms with Crippen molar-refractivity contribution in [1.82, 2.24) is 19.7 Å². The van der Waals surface area contributed by atoms with Crippen molar-refractivity contribution in [2.24, 2.45) is 5.41 Å². The quantitative estimate of drug-likeness (QED) is 0.731. The number of aromatic nitrogens is 3. The van der Waals surface area contributed by atoms with Crippen molar-refractivity contribution in [3.63, 3.8) is 0 Å². The maximum absolute atomic E-state index is 13.0. The first-order valence-electron chi connectivity index (χ1n) is 9.85. The number of amides is 1. The molecule has 1 aromatic carbocycles. The molecule has 28 heavy (non-hydrogen) atoms. The summed E-state index contributed by atoms with van der Waals surface area (Å²) in [4.78, 5) is 18.1. The smallest absolute Gasteiger partial charge is 0.270 e. The number of carbonyl (C=O) groups excluding carboxylic acids is 1. The van der Waals surface area contributed by atoms with Crippen molar-refractivity contribution in [3.8, 4) is 0 Å². The number of para-hydroxylation sites is 1. The molecule has 1 atom stereocenters. The molecular weight excluding hydrogens is 354 g/mol. The number of fused-ring (bicyclic) bond motifs is 2. The molecule has 2 N–H and O–H groups in total. The molecular formula is C21H25N5O2. The van der Waals surface area contributed by atoms with Crippen molar-refractivity contribution in [1.29, 1.82) is 0 Å². The van der Waals surface area contributed by atoms with Crippen LogP contribution in [0.3, 0.4) is 0 Å². The Morgan fingerprint density at radius 3 is 3.04 bits per heavy atom. The van der Waals surface area contributed by atoms with Crippen LogP contribution in [-0.2, 0) is 17.8 Å². The van der Waals surface area contributed by atoms with Gasteiger partial charge in [0.15, 0.2) is 0 Å². The van der Waals surface area contributed by atoms with E-state index < -0.39 is 0 Å². The van der Waals surface area contributed by atoms with E-state index in [9.17, 15) is 4.79 Å². The second kappa shape index (κ2) is 6.67. The van der Waals surface area contributed by atoms with Crippen LogP contribution in [0.25, 0.3) is 10.9 Å². The fraction of sp³-hybridized carbons (Fsp3) is 0.429. The highest BCUT2D eigenvalue weighted by molar-refractivity contribution is 5.98. The maximum atomic E-state index is 13.0. The summed E-state index contributed by atoms with van der Waals surface area (Å²) >= 11 is 0. The fourth-order valence-electron chi connectivity index (χ4n) is 4.04. The number of H-pyrrole nitrogens is 1. The molecule has 4 heterocycles. The molecule has 0 radical (unpaired) electrons. The normalized spacial score (nSPS) is 21.8. The zero-order valence-electron chi connectivity index (χ0n) is 16.1. The standard InChI is InChI=1S/C21H25N5O2/c1-21(6-9-28-14-21)13-22-19-11-16-12-25(7-8-26(16)24-19)20(27)18-10-15-4-2-3-5-17(15)23-18/h2-5,10-11,23H,6-9,12-14H2,1H3,(H,22,24). The van der Waals surface area contributed by atoms with Gasteiger partial charge in [0.1, 0.15) is 11.5 Å². The summed E-state index contributed by atoms with van der Waals surface area (Å²) in [5.41, 5.74) is 2.86. The van der Waals surface area contributed by atoms with Gasteiger partial charge in [-0.1, -0.05) is 25.1 Å². The van der Waals surface area contributed by atoms with Gasteiger partial charge >= 0.3 is 0 Å². The Hall–Kier alpha value is -2.80. The van der Waals surface area contributed by atoms with Crippen LogP contribution in [-0.4, -0.2) is 51.9 Å². The van der Waals surface area contributed by atoms with E-state index in [0.29, 0.717) is 25.3 Å². The van der Waals surface area contributed by atoms with Gasteiger partial charge in [0.2, 0.25) is 0 Å². The summed E-state index contributed by atoms with van der Waals surface area (Å²) < 4.78 is 7.53. The molecule has 0 saturated carbocycles.